The van der Waals surface area contributed by atoms with Crippen molar-refractivity contribution in [3.63, 3.8) is 0 Å². The third-order valence-electron chi connectivity index (χ3n) is 1.87. The second-order valence-corrected chi connectivity index (χ2v) is 9.12. The predicted octanol–water partition coefficient (Wildman–Crippen LogP) is -0.712. The summed E-state index contributed by atoms with van der Waals surface area (Å²) in [4.78, 5) is 11.5. The first-order valence-electron chi connectivity index (χ1n) is 4.28. The van der Waals surface area contributed by atoms with Crippen LogP contribution in [0.15, 0.2) is 0 Å². The SMILES string of the molecule is CCOP([O-])(=S)SC1CCCC1.[K+]. The van der Waals surface area contributed by atoms with Gasteiger partial charge in [0.15, 0.2) is 0 Å². The normalized spacial score (nSPS) is 22.3. The molecule has 0 radical (unpaired) electrons. The molecule has 1 rings (SSSR count). The van der Waals surface area contributed by atoms with E-state index in [4.69, 9.17) is 16.3 Å². The number of hydrogen-bond acceptors (Lipinski definition) is 4. The standard InChI is InChI=1S/C7H15O2PS2.K/c1-2-9-10(8,11)12-7-5-3-4-6-7;/h7H,2-6H2,1H3,(H,8,11);/q;+1/p-1. The van der Waals surface area contributed by atoms with E-state index in [1.807, 2.05) is 6.92 Å². The van der Waals surface area contributed by atoms with E-state index < -0.39 is 5.69 Å². The van der Waals surface area contributed by atoms with Crippen molar-refractivity contribution in [1.82, 2.24) is 0 Å². The van der Waals surface area contributed by atoms with Crippen molar-refractivity contribution in [2.24, 2.45) is 0 Å². The molecule has 0 heterocycles. The van der Waals surface area contributed by atoms with Crippen molar-refractivity contribution in [3.05, 3.63) is 0 Å². The average molecular weight is 264 g/mol. The summed E-state index contributed by atoms with van der Waals surface area (Å²) in [6.07, 6.45) is 4.80. The van der Waals surface area contributed by atoms with Gasteiger partial charge in [0, 0.05) is 17.6 Å². The summed E-state index contributed by atoms with van der Waals surface area (Å²) in [5.41, 5.74) is -2.74. The molecule has 0 N–H and O–H groups in total. The van der Waals surface area contributed by atoms with Crippen molar-refractivity contribution in [2.75, 3.05) is 6.61 Å². The van der Waals surface area contributed by atoms with E-state index in [1.165, 1.54) is 24.2 Å². The molecule has 1 aliphatic carbocycles. The van der Waals surface area contributed by atoms with Gasteiger partial charge in [-0.2, -0.15) is 0 Å². The van der Waals surface area contributed by atoms with Crippen LogP contribution >= 0.6 is 17.1 Å². The maximum Gasteiger partial charge on any atom is 1.00 e. The maximum atomic E-state index is 11.5. The first kappa shape index (κ1) is 15.6. The fourth-order valence-electron chi connectivity index (χ4n) is 1.36. The van der Waals surface area contributed by atoms with Crippen LogP contribution in [0.25, 0.3) is 0 Å². The molecular weight excluding hydrogens is 250 g/mol. The van der Waals surface area contributed by atoms with Crippen molar-refractivity contribution in [3.8, 4) is 0 Å². The molecule has 1 fully saturated rings. The molecule has 0 aromatic heterocycles. The van der Waals surface area contributed by atoms with E-state index in [0.717, 1.165) is 12.8 Å². The van der Waals surface area contributed by atoms with Crippen LogP contribution in [0.4, 0.5) is 0 Å². The summed E-state index contributed by atoms with van der Waals surface area (Å²) in [6, 6.07) is 0. The molecule has 2 nitrogen and oxygen atoms in total. The number of rotatable bonds is 4. The van der Waals surface area contributed by atoms with Crippen LogP contribution in [-0.4, -0.2) is 11.9 Å². The molecule has 1 aliphatic rings. The summed E-state index contributed by atoms with van der Waals surface area (Å²) in [5.74, 6) is 0. The van der Waals surface area contributed by atoms with E-state index >= 15 is 0 Å². The van der Waals surface area contributed by atoms with Gasteiger partial charge in [-0.1, -0.05) is 24.6 Å². The molecule has 6 heteroatoms. The van der Waals surface area contributed by atoms with E-state index in [2.05, 4.69) is 0 Å². The van der Waals surface area contributed by atoms with Crippen LogP contribution in [0.5, 0.6) is 0 Å². The molecule has 1 saturated carbocycles. The summed E-state index contributed by atoms with van der Waals surface area (Å²) >= 11 is 6.26. The minimum absolute atomic E-state index is 0. The predicted molar refractivity (Wildman–Crippen MR) is 55.8 cm³/mol. The van der Waals surface area contributed by atoms with Crippen molar-refractivity contribution in [1.29, 1.82) is 0 Å². The fraction of sp³-hybridized carbons (Fsp3) is 1.00. The van der Waals surface area contributed by atoms with Gasteiger partial charge in [0.05, 0.1) is 0 Å². The molecule has 0 aromatic carbocycles. The smallest absolute Gasteiger partial charge is 0.793 e. The first-order chi connectivity index (χ1) is 5.64. The molecular formula is C7H14KO2PS2. The Morgan fingerprint density at radius 1 is 1.54 bits per heavy atom. The van der Waals surface area contributed by atoms with Crippen LogP contribution in [0.2, 0.25) is 0 Å². The van der Waals surface area contributed by atoms with Gasteiger partial charge in [-0.3, -0.25) is 0 Å². The average Bonchev–Trinajstić information content (AvgIpc) is 2.38. The molecule has 1 unspecified atom stereocenters. The zero-order valence-corrected chi connectivity index (χ0v) is 13.8. The third-order valence-corrected chi connectivity index (χ3v) is 6.55. The van der Waals surface area contributed by atoms with Gasteiger partial charge >= 0.3 is 51.4 Å². The van der Waals surface area contributed by atoms with Gasteiger partial charge in [0.2, 0.25) is 0 Å². The Bertz CT molecular complexity index is 185. The van der Waals surface area contributed by atoms with E-state index in [-0.39, 0.29) is 51.4 Å². The molecule has 0 bridgehead atoms. The second-order valence-electron chi connectivity index (χ2n) is 2.88. The van der Waals surface area contributed by atoms with Gasteiger partial charge in [-0.15, -0.1) is 11.4 Å². The van der Waals surface area contributed by atoms with E-state index in [9.17, 15) is 4.89 Å². The van der Waals surface area contributed by atoms with E-state index in [1.54, 1.807) is 0 Å². The van der Waals surface area contributed by atoms with Crippen molar-refractivity contribution < 1.29 is 60.8 Å². The Morgan fingerprint density at radius 3 is 2.54 bits per heavy atom. The van der Waals surface area contributed by atoms with Gasteiger partial charge < -0.3 is 9.42 Å². The minimum Gasteiger partial charge on any atom is -0.793 e. The fourth-order valence-corrected chi connectivity index (χ4v) is 6.29. The summed E-state index contributed by atoms with van der Waals surface area (Å²) in [5, 5.41) is 0.486. The Labute approximate surface area is 132 Å². The molecule has 0 aromatic rings. The minimum atomic E-state index is -2.74. The van der Waals surface area contributed by atoms with Crippen LogP contribution in [0.3, 0.4) is 0 Å². The second kappa shape index (κ2) is 7.77. The quantitative estimate of drug-likeness (QED) is 0.496. The molecule has 72 valence electrons. The molecule has 0 amide bonds. The van der Waals surface area contributed by atoms with Crippen LogP contribution in [0, 0.1) is 0 Å². The largest absolute Gasteiger partial charge is 1.00 e. The Kier molecular flexibility index (Phi) is 9.30. The van der Waals surface area contributed by atoms with Gasteiger partial charge in [0.25, 0.3) is 0 Å². The Morgan fingerprint density at radius 2 is 2.08 bits per heavy atom. The van der Waals surface area contributed by atoms with Crippen LogP contribution in [0.1, 0.15) is 32.6 Å². The Hall–Kier alpha value is 2.56. The topological polar surface area (TPSA) is 32.3 Å². The van der Waals surface area contributed by atoms with E-state index in [0.29, 0.717) is 11.9 Å². The zero-order valence-electron chi connectivity index (χ0n) is 8.19. The van der Waals surface area contributed by atoms with Gasteiger partial charge in [0.1, 0.15) is 0 Å². The number of hydrogen-bond donors (Lipinski definition) is 0. The molecule has 0 saturated heterocycles. The first-order valence-corrected chi connectivity index (χ1v) is 8.40. The van der Waals surface area contributed by atoms with Crippen molar-refractivity contribution >= 4 is 28.9 Å². The van der Waals surface area contributed by atoms with Crippen LogP contribution < -0.4 is 56.3 Å². The van der Waals surface area contributed by atoms with Crippen LogP contribution in [-0.2, 0) is 16.3 Å². The van der Waals surface area contributed by atoms with Gasteiger partial charge in [-0.05, 0) is 19.8 Å². The molecule has 13 heavy (non-hydrogen) atoms. The third kappa shape index (κ3) is 6.66. The summed E-state index contributed by atoms with van der Waals surface area (Å²) < 4.78 is 5.02. The van der Waals surface area contributed by atoms with Gasteiger partial charge in [-0.25, -0.2) is 0 Å². The zero-order chi connectivity index (χ0) is 9.03. The molecule has 1 atom stereocenters. The maximum absolute atomic E-state index is 11.5. The summed E-state index contributed by atoms with van der Waals surface area (Å²) in [6.45, 7) is 2.29. The molecule has 0 aliphatic heterocycles. The summed E-state index contributed by atoms with van der Waals surface area (Å²) in [7, 11) is 0. The molecule has 0 spiro atoms. The monoisotopic (exact) mass is 264 g/mol. The Balaban J connectivity index is 0.00000144. The van der Waals surface area contributed by atoms with Crippen molar-refractivity contribution in [2.45, 2.75) is 37.9 Å².